The number of fused-ring (bicyclic) bond motifs is 8. The molecule has 3 heteroatoms. The Labute approximate surface area is 387 Å². The second kappa shape index (κ2) is 16.7. The summed E-state index contributed by atoms with van der Waals surface area (Å²) in [6.07, 6.45) is 27.6. The molecule has 2 nitrogen and oxygen atoms in total. The van der Waals surface area contributed by atoms with Gasteiger partial charge in [0.15, 0.2) is 0 Å². The van der Waals surface area contributed by atoms with E-state index >= 15 is 0 Å². The van der Waals surface area contributed by atoms with Crippen molar-refractivity contribution in [3.8, 4) is 11.1 Å². The smallest absolute Gasteiger partial charge is 0.0595 e. The van der Waals surface area contributed by atoms with Crippen LogP contribution in [0.1, 0.15) is 57.9 Å². The second-order valence-corrected chi connectivity index (χ2v) is 19.9. The molecule has 0 spiro atoms. The van der Waals surface area contributed by atoms with Gasteiger partial charge in [-0.25, -0.2) is 0 Å². The summed E-state index contributed by atoms with van der Waals surface area (Å²) in [5.41, 5.74) is 13.2. The van der Waals surface area contributed by atoms with Crippen molar-refractivity contribution in [1.29, 1.82) is 0 Å². The van der Waals surface area contributed by atoms with E-state index in [0.29, 0.717) is 5.92 Å². The molecule has 4 aliphatic rings. The Morgan fingerprint density at radius 2 is 1.26 bits per heavy atom. The molecule has 0 bridgehead atoms. The van der Waals surface area contributed by atoms with Crippen LogP contribution in [0.3, 0.4) is 0 Å². The van der Waals surface area contributed by atoms with Crippen LogP contribution in [0.5, 0.6) is 0 Å². The van der Waals surface area contributed by atoms with Crippen LogP contribution in [0.4, 0.5) is 22.7 Å². The molecule has 65 heavy (non-hydrogen) atoms. The Morgan fingerprint density at radius 1 is 0.538 bits per heavy atom. The first-order chi connectivity index (χ1) is 32.0. The maximum Gasteiger partial charge on any atom is 0.0595 e. The molecular formula is C62H54N2S. The summed E-state index contributed by atoms with van der Waals surface area (Å²) in [7, 11) is 0. The molecule has 0 saturated heterocycles. The zero-order valence-electron chi connectivity index (χ0n) is 37.3. The van der Waals surface area contributed by atoms with E-state index in [9.17, 15) is 0 Å². The van der Waals surface area contributed by atoms with Crippen LogP contribution in [-0.4, -0.2) is 12.1 Å². The summed E-state index contributed by atoms with van der Waals surface area (Å²) in [6, 6.07) is 53.6. The van der Waals surface area contributed by atoms with Gasteiger partial charge in [0.2, 0.25) is 0 Å². The van der Waals surface area contributed by atoms with Crippen molar-refractivity contribution < 1.29 is 0 Å². The minimum Gasteiger partial charge on any atom is -0.334 e. The third-order valence-corrected chi connectivity index (χ3v) is 15.7. The van der Waals surface area contributed by atoms with Crippen molar-refractivity contribution in [2.45, 2.75) is 64.5 Å². The maximum atomic E-state index is 2.61. The highest BCUT2D eigenvalue weighted by Crippen LogP contribution is 2.47. The first-order valence-electron chi connectivity index (χ1n) is 23.8. The minimum absolute atomic E-state index is 0.260. The van der Waals surface area contributed by atoms with E-state index in [-0.39, 0.29) is 12.1 Å². The number of rotatable bonds is 8. The lowest BCUT2D eigenvalue weighted by atomic mass is 9.81. The molecular weight excluding hydrogens is 805 g/mol. The molecule has 0 N–H and O–H groups in total. The van der Waals surface area contributed by atoms with Gasteiger partial charge in [-0.05, 0) is 155 Å². The van der Waals surface area contributed by atoms with Crippen LogP contribution in [-0.2, 0) is 0 Å². The second-order valence-electron chi connectivity index (χ2n) is 18.9. The molecule has 1 aromatic heterocycles. The van der Waals surface area contributed by atoms with Gasteiger partial charge in [0.25, 0.3) is 0 Å². The van der Waals surface area contributed by atoms with Crippen LogP contribution in [0.15, 0.2) is 205 Å². The Bertz CT molecular complexity index is 3300. The van der Waals surface area contributed by atoms with E-state index in [2.05, 4.69) is 218 Å². The molecule has 0 saturated carbocycles. The SMILES string of the molecule is CC1C=CC2=C(C1)C(N(c1ccccc1)c1ccc3c(c1)c1ccccc1c1c4ccc(-c5ccc(N(c6ccc(C7=CCCC(C)C7)cc6)C6C=CC=CC6)cc5)cc4sc31)CC=C2. The van der Waals surface area contributed by atoms with Crippen molar-refractivity contribution >= 4 is 81.4 Å². The molecule has 0 radical (unpaired) electrons. The summed E-state index contributed by atoms with van der Waals surface area (Å²) in [6.45, 7) is 4.73. The van der Waals surface area contributed by atoms with Crippen molar-refractivity contribution in [2.75, 3.05) is 9.80 Å². The molecule has 1 heterocycles. The molecule has 4 unspecified atom stereocenters. The maximum absolute atomic E-state index is 2.61. The number of para-hydroxylation sites is 1. The zero-order chi connectivity index (χ0) is 43.4. The summed E-state index contributed by atoms with van der Waals surface area (Å²) in [4.78, 5) is 5.12. The summed E-state index contributed by atoms with van der Waals surface area (Å²) < 4.78 is 2.69. The van der Waals surface area contributed by atoms with Gasteiger partial charge >= 0.3 is 0 Å². The molecule has 0 amide bonds. The third-order valence-electron chi connectivity index (χ3n) is 14.5. The van der Waals surface area contributed by atoms with Gasteiger partial charge in [-0.1, -0.05) is 153 Å². The van der Waals surface area contributed by atoms with Crippen molar-refractivity contribution in [3.63, 3.8) is 0 Å². The number of hydrogen-bond donors (Lipinski definition) is 0. The normalized spacial score (nSPS) is 20.5. The highest BCUT2D eigenvalue weighted by Gasteiger charge is 2.30. The van der Waals surface area contributed by atoms with Gasteiger partial charge in [-0.3, -0.25) is 0 Å². The van der Waals surface area contributed by atoms with E-state index in [1.165, 1.54) is 112 Å². The van der Waals surface area contributed by atoms with Crippen LogP contribution in [0.2, 0.25) is 0 Å². The topological polar surface area (TPSA) is 6.48 Å². The van der Waals surface area contributed by atoms with E-state index in [4.69, 9.17) is 0 Å². The minimum atomic E-state index is 0.260. The van der Waals surface area contributed by atoms with E-state index in [1.807, 2.05) is 11.3 Å². The highest BCUT2D eigenvalue weighted by atomic mass is 32.1. The van der Waals surface area contributed by atoms with Crippen LogP contribution >= 0.6 is 11.3 Å². The van der Waals surface area contributed by atoms with E-state index < -0.39 is 0 Å². The highest BCUT2D eigenvalue weighted by molar-refractivity contribution is 7.27. The first kappa shape index (κ1) is 39.9. The Balaban J connectivity index is 0.916. The number of nitrogens with zero attached hydrogens (tertiary/aromatic N) is 2. The predicted octanol–water partition coefficient (Wildman–Crippen LogP) is 17.6. The third kappa shape index (κ3) is 7.27. The predicted molar refractivity (Wildman–Crippen MR) is 282 cm³/mol. The van der Waals surface area contributed by atoms with Gasteiger partial charge in [-0.15, -0.1) is 11.3 Å². The first-order valence-corrected chi connectivity index (χ1v) is 24.6. The van der Waals surface area contributed by atoms with Gasteiger partial charge in [0, 0.05) is 48.3 Å². The summed E-state index contributed by atoms with van der Waals surface area (Å²) in [5.74, 6) is 1.29. The van der Waals surface area contributed by atoms with Crippen LogP contribution in [0.25, 0.3) is 58.4 Å². The lowest BCUT2D eigenvalue weighted by Gasteiger charge is -2.39. The molecule has 4 aliphatic carbocycles. The fourth-order valence-electron chi connectivity index (χ4n) is 11.3. The lowest BCUT2D eigenvalue weighted by Crippen LogP contribution is -2.35. The molecule has 318 valence electrons. The van der Waals surface area contributed by atoms with Gasteiger partial charge in [-0.2, -0.15) is 0 Å². The van der Waals surface area contributed by atoms with Crippen molar-refractivity contribution in [3.05, 3.63) is 211 Å². The molecule has 12 rings (SSSR count). The number of benzene rings is 7. The number of hydrogen-bond acceptors (Lipinski definition) is 3. The number of anilines is 4. The summed E-state index contributed by atoms with van der Waals surface area (Å²) in [5, 5.41) is 7.97. The molecule has 0 fully saturated rings. The van der Waals surface area contributed by atoms with E-state index in [1.54, 1.807) is 5.57 Å². The van der Waals surface area contributed by atoms with Crippen LogP contribution < -0.4 is 9.80 Å². The Kier molecular flexibility index (Phi) is 10.2. The zero-order valence-corrected chi connectivity index (χ0v) is 38.1. The molecule has 4 atom stereocenters. The number of allylic oxidation sites excluding steroid dienone is 8. The lowest BCUT2D eigenvalue weighted by molar-refractivity contribution is 0.536. The molecule has 8 aromatic rings. The molecule has 7 aromatic carbocycles. The van der Waals surface area contributed by atoms with Gasteiger partial charge in [0.1, 0.15) is 0 Å². The van der Waals surface area contributed by atoms with E-state index in [0.717, 1.165) is 25.2 Å². The average Bonchev–Trinajstić information content (AvgIpc) is 3.75. The number of thiophene rings is 1. The Morgan fingerprint density at radius 3 is 2.05 bits per heavy atom. The quantitative estimate of drug-likeness (QED) is 0.141. The fourth-order valence-corrected chi connectivity index (χ4v) is 12.6. The molecule has 0 aliphatic heterocycles. The van der Waals surface area contributed by atoms with Crippen molar-refractivity contribution in [2.24, 2.45) is 11.8 Å². The fraction of sp³-hybridized carbons (Fsp3) is 0.194. The average molecular weight is 859 g/mol. The van der Waals surface area contributed by atoms with Gasteiger partial charge in [0.05, 0.1) is 12.1 Å². The monoisotopic (exact) mass is 858 g/mol. The van der Waals surface area contributed by atoms with Crippen molar-refractivity contribution in [1.82, 2.24) is 0 Å². The van der Waals surface area contributed by atoms with Crippen LogP contribution in [0, 0.1) is 11.8 Å². The Hall–Kier alpha value is -6.68. The van der Waals surface area contributed by atoms with Gasteiger partial charge < -0.3 is 9.80 Å². The largest absolute Gasteiger partial charge is 0.334 e. The standard InChI is InChI=1S/C62H54N2S/c1-41-13-11-15-46(37-41)43-25-30-50(31-26-43)63(48-16-5-3-6-17-48)51-32-27-44(28-33-51)47-29-35-56-60(39-47)65-62-55-36-34-52(40-58(55)53-20-9-10-21-54(53)61(56)62)64(49-18-7-4-8-19-49)59-22-12-14-45-24-23-42(2)38-57(45)59/h3-10,12,14-16,18-21,23-36,39-42,48,59H,11,13,17,22,37-38H2,1-2H3. The summed E-state index contributed by atoms with van der Waals surface area (Å²) >= 11 is 1.94.